The van der Waals surface area contributed by atoms with Crippen molar-refractivity contribution in [3.8, 4) is 0 Å². The Hall–Kier alpha value is -1.64. The fourth-order valence-electron chi connectivity index (χ4n) is 2.80. The molecule has 3 atom stereocenters. The topological polar surface area (TPSA) is 21.3 Å². The van der Waals surface area contributed by atoms with E-state index in [-0.39, 0.29) is 0 Å². The van der Waals surface area contributed by atoms with Crippen molar-refractivity contribution in [1.82, 2.24) is 5.32 Å². The van der Waals surface area contributed by atoms with Crippen LogP contribution in [0.2, 0.25) is 0 Å². The minimum absolute atomic E-state index is 0.344. The van der Waals surface area contributed by atoms with Crippen molar-refractivity contribution in [2.45, 2.75) is 44.6 Å². The van der Waals surface area contributed by atoms with Crippen LogP contribution in [0.25, 0.3) is 0 Å². The van der Waals surface area contributed by atoms with Gasteiger partial charge in [0.15, 0.2) is 0 Å². The van der Waals surface area contributed by atoms with Crippen molar-refractivity contribution in [3.63, 3.8) is 0 Å². The van der Waals surface area contributed by atoms with E-state index in [0.717, 1.165) is 6.42 Å². The van der Waals surface area contributed by atoms with Gasteiger partial charge in [-0.15, -0.1) is 0 Å². The lowest BCUT2D eigenvalue weighted by Crippen LogP contribution is -2.49. The smallest absolute Gasteiger partial charge is 0.0733 e. The molecule has 1 N–H and O–H groups in total. The second-order valence-corrected chi connectivity index (χ2v) is 5.82. The van der Waals surface area contributed by atoms with Crippen LogP contribution in [-0.2, 0) is 11.3 Å². The molecule has 2 aromatic rings. The van der Waals surface area contributed by atoms with Gasteiger partial charge in [0.2, 0.25) is 0 Å². The van der Waals surface area contributed by atoms with Crippen LogP contribution in [0, 0.1) is 0 Å². The molecule has 2 nitrogen and oxygen atoms in total. The van der Waals surface area contributed by atoms with E-state index < -0.39 is 0 Å². The normalized spacial score (nSPS) is 22.5. The summed E-state index contributed by atoms with van der Waals surface area (Å²) < 4.78 is 6.05. The molecule has 3 unspecified atom stereocenters. The minimum atomic E-state index is 0.344. The molecule has 110 valence electrons. The predicted molar refractivity (Wildman–Crippen MR) is 86.0 cm³/mol. The maximum atomic E-state index is 6.05. The van der Waals surface area contributed by atoms with Crippen molar-refractivity contribution in [3.05, 3.63) is 71.8 Å². The maximum Gasteiger partial charge on any atom is 0.0733 e. The Morgan fingerprint density at radius 2 is 1.67 bits per heavy atom. The number of hydrogen-bond acceptors (Lipinski definition) is 2. The Balaban J connectivity index is 1.49. The maximum absolute atomic E-state index is 6.05. The summed E-state index contributed by atoms with van der Waals surface area (Å²) in [6.07, 6.45) is 2.71. The molecule has 3 rings (SSSR count). The first-order chi connectivity index (χ1) is 10.3. The zero-order valence-corrected chi connectivity index (χ0v) is 12.5. The Kier molecular flexibility index (Phi) is 4.69. The molecule has 2 aromatic carbocycles. The van der Waals surface area contributed by atoms with Gasteiger partial charge in [-0.1, -0.05) is 60.7 Å². The summed E-state index contributed by atoms with van der Waals surface area (Å²) in [5, 5.41) is 3.69. The van der Waals surface area contributed by atoms with E-state index in [1.807, 2.05) is 6.07 Å². The van der Waals surface area contributed by atoms with Gasteiger partial charge >= 0.3 is 0 Å². The molecule has 2 heteroatoms. The highest BCUT2D eigenvalue weighted by Crippen LogP contribution is 2.27. The summed E-state index contributed by atoms with van der Waals surface area (Å²) in [5.74, 6) is 0. The molecule has 0 aromatic heterocycles. The average Bonchev–Trinajstić information content (AvgIpc) is 2.53. The molecule has 1 aliphatic carbocycles. The summed E-state index contributed by atoms with van der Waals surface area (Å²) in [4.78, 5) is 0. The van der Waals surface area contributed by atoms with Crippen molar-refractivity contribution in [2.24, 2.45) is 0 Å². The summed E-state index contributed by atoms with van der Waals surface area (Å²) in [5.41, 5.74) is 2.59. The fourth-order valence-corrected chi connectivity index (χ4v) is 2.80. The highest BCUT2D eigenvalue weighted by molar-refractivity contribution is 5.18. The second-order valence-electron chi connectivity index (χ2n) is 5.82. The Labute approximate surface area is 127 Å². The Morgan fingerprint density at radius 3 is 2.29 bits per heavy atom. The Morgan fingerprint density at radius 1 is 1.00 bits per heavy atom. The van der Waals surface area contributed by atoms with E-state index in [0.29, 0.717) is 24.8 Å². The summed E-state index contributed by atoms with van der Waals surface area (Å²) >= 11 is 0. The lowest BCUT2D eigenvalue weighted by Gasteiger charge is -2.39. The largest absolute Gasteiger partial charge is 0.372 e. The molecule has 1 aliphatic rings. The molecule has 21 heavy (non-hydrogen) atoms. The number of benzene rings is 2. The van der Waals surface area contributed by atoms with Crippen LogP contribution in [0.3, 0.4) is 0 Å². The highest BCUT2D eigenvalue weighted by atomic mass is 16.5. The summed E-state index contributed by atoms with van der Waals surface area (Å²) in [7, 11) is 0. The van der Waals surface area contributed by atoms with Gasteiger partial charge in [0.05, 0.1) is 12.7 Å². The molecule has 1 saturated carbocycles. The van der Waals surface area contributed by atoms with Gasteiger partial charge < -0.3 is 10.1 Å². The van der Waals surface area contributed by atoms with Gasteiger partial charge in [0.1, 0.15) is 0 Å². The standard InChI is InChI=1S/C19H23NO/c1-15(17-10-6-3-7-11-17)20-18-12-13-19(18)21-14-16-8-4-2-5-9-16/h2-11,15,18-20H,12-14H2,1H3. The van der Waals surface area contributed by atoms with E-state index in [9.17, 15) is 0 Å². The van der Waals surface area contributed by atoms with Crippen molar-refractivity contribution >= 4 is 0 Å². The van der Waals surface area contributed by atoms with Crippen LogP contribution >= 0.6 is 0 Å². The van der Waals surface area contributed by atoms with E-state index in [2.05, 4.69) is 66.8 Å². The first kappa shape index (κ1) is 14.3. The van der Waals surface area contributed by atoms with Crippen LogP contribution in [0.1, 0.15) is 36.9 Å². The SMILES string of the molecule is CC(NC1CCC1OCc1ccccc1)c1ccccc1. The molecule has 1 fully saturated rings. The molecule has 0 spiro atoms. The van der Waals surface area contributed by atoms with Crippen LogP contribution in [0.4, 0.5) is 0 Å². The molecular weight excluding hydrogens is 258 g/mol. The van der Waals surface area contributed by atoms with Crippen LogP contribution in [0.5, 0.6) is 0 Å². The van der Waals surface area contributed by atoms with Crippen LogP contribution < -0.4 is 5.32 Å². The van der Waals surface area contributed by atoms with Crippen molar-refractivity contribution in [1.29, 1.82) is 0 Å². The Bertz CT molecular complexity index is 540. The molecule has 0 saturated heterocycles. The third-order valence-corrected chi connectivity index (χ3v) is 4.28. The van der Waals surface area contributed by atoms with Gasteiger partial charge in [0, 0.05) is 12.1 Å². The van der Waals surface area contributed by atoms with Gasteiger partial charge in [-0.2, -0.15) is 0 Å². The lowest BCUT2D eigenvalue weighted by molar-refractivity contribution is -0.0387. The van der Waals surface area contributed by atoms with Crippen molar-refractivity contribution < 1.29 is 4.74 Å². The van der Waals surface area contributed by atoms with Crippen LogP contribution in [0.15, 0.2) is 60.7 Å². The number of rotatable bonds is 6. The third kappa shape index (κ3) is 3.72. The molecule has 0 aliphatic heterocycles. The molecule has 0 bridgehead atoms. The number of ether oxygens (including phenoxy) is 1. The molecular formula is C19H23NO. The summed E-state index contributed by atoms with van der Waals surface area (Å²) in [6, 6.07) is 21.9. The number of hydrogen-bond donors (Lipinski definition) is 1. The fraction of sp³-hybridized carbons (Fsp3) is 0.368. The highest BCUT2D eigenvalue weighted by Gasteiger charge is 2.32. The molecule has 0 radical (unpaired) electrons. The third-order valence-electron chi connectivity index (χ3n) is 4.28. The van der Waals surface area contributed by atoms with E-state index in [1.54, 1.807) is 0 Å². The van der Waals surface area contributed by atoms with E-state index in [4.69, 9.17) is 4.74 Å². The lowest BCUT2D eigenvalue weighted by atomic mass is 9.87. The van der Waals surface area contributed by atoms with Gasteiger partial charge in [-0.3, -0.25) is 0 Å². The first-order valence-electron chi connectivity index (χ1n) is 7.79. The minimum Gasteiger partial charge on any atom is -0.372 e. The van der Waals surface area contributed by atoms with Gasteiger partial charge in [-0.25, -0.2) is 0 Å². The van der Waals surface area contributed by atoms with E-state index >= 15 is 0 Å². The second kappa shape index (κ2) is 6.88. The van der Waals surface area contributed by atoms with Gasteiger partial charge in [0.25, 0.3) is 0 Å². The quantitative estimate of drug-likeness (QED) is 0.861. The predicted octanol–water partition coefficient (Wildman–Crippen LogP) is 4.09. The average molecular weight is 281 g/mol. The van der Waals surface area contributed by atoms with Gasteiger partial charge in [-0.05, 0) is 30.9 Å². The molecule has 0 amide bonds. The first-order valence-corrected chi connectivity index (χ1v) is 7.79. The zero-order valence-electron chi connectivity index (χ0n) is 12.5. The van der Waals surface area contributed by atoms with E-state index in [1.165, 1.54) is 17.5 Å². The zero-order chi connectivity index (χ0) is 14.5. The monoisotopic (exact) mass is 281 g/mol. The number of nitrogens with one attached hydrogen (secondary N) is 1. The molecule has 0 heterocycles. The van der Waals surface area contributed by atoms with Crippen molar-refractivity contribution in [2.75, 3.05) is 0 Å². The summed E-state index contributed by atoms with van der Waals surface area (Å²) in [6.45, 7) is 2.94. The van der Waals surface area contributed by atoms with Crippen LogP contribution in [-0.4, -0.2) is 12.1 Å².